The summed E-state index contributed by atoms with van der Waals surface area (Å²) in [5, 5.41) is 6.73. The molecular formula is C32H40FN7O2. The number of amides is 1. The summed E-state index contributed by atoms with van der Waals surface area (Å²) < 4.78 is 20.7. The van der Waals surface area contributed by atoms with Crippen molar-refractivity contribution in [1.82, 2.24) is 19.8 Å². The molecule has 3 aromatic rings. The van der Waals surface area contributed by atoms with Crippen LogP contribution in [0.15, 0.2) is 48.9 Å². The van der Waals surface area contributed by atoms with Crippen LogP contribution < -0.4 is 20.3 Å². The molecule has 2 aromatic carbocycles. The minimum Gasteiger partial charge on any atom is -0.451 e. The first-order valence-electron chi connectivity index (χ1n) is 14.9. The number of ether oxygens (including phenoxy) is 1. The number of fused-ring (bicyclic) bond motifs is 1. The van der Waals surface area contributed by atoms with Crippen molar-refractivity contribution < 1.29 is 13.9 Å². The van der Waals surface area contributed by atoms with Gasteiger partial charge in [0.05, 0.1) is 29.8 Å². The molecule has 4 heterocycles. The summed E-state index contributed by atoms with van der Waals surface area (Å²) in [5.41, 5.74) is 4.04. The monoisotopic (exact) mass is 573 g/mol. The Balaban J connectivity index is 1.17. The van der Waals surface area contributed by atoms with Crippen LogP contribution in [0.5, 0.6) is 11.5 Å². The molecule has 0 radical (unpaired) electrons. The second-order valence-corrected chi connectivity index (χ2v) is 12.4. The number of carbonyl (C=O) groups excluding carboxylic acids is 1. The van der Waals surface area contributed by atoms with Crippen LogP contribution >= 0.6 is 0 Å². The molecular weight excluding hydrogens is 533 g/mol. The fourth-order valence-corrected chi connectivity index (χ4v) is 6.80. The molecule has 1 unspecified atom stereocenters. The van der Waals surface area contributed by atoms with Crippen LogP contribution in [0.25, 0.3) is 0 Å². The molecule has 2 saturated heterocycles. The smallest absolute Gasteiger partial charge is 0.258 e. The van der Waals surface area contributed by atoms with Gasteiger partial charge in [-0.15, -0.1) is 0 Å². The average molecular weight is 574 g/mol. The summed E-state index contributed by atoms with van der Waals surface area (Å²) in [4.78, 5) is 28.9. The van der Waals surface area contributed by atoms with Crippen molar-refractivity contribution in [3.8, 4) is 11.5 Å². The molecule has 6 rings (SSSR count). The number of carbonyl (C=O) groups is 1. The maximum atomic E-state index is 14.4. The normalized spacial score (nSPS) is 19.8. The number of anilines is 3. The second kappa shape index (κ2) is 11.4. The quantitative estimate of drug-likeness (QED) is 0.362. The largest absolute Gasteiger partial charge is 0.451 e. The Hall–Kier alpha value is -3.92. The molecule has 222 valence electrons. The summed E-state index contributed by atoms with van der Waals surface area (Å²) in [6, 6.07) is 10.6. The van der Waals surface area contributed by atoms with Gasteiger partial charge >= 0.3 is 0 Å². The first-order chi connectivity index (χ1) is 20.2. The van der Waals surface area contributed by atoms with Crippen LogP contribution in [0.3, 0.4) is 0 Å². The minimum absolute atomic E-state index is 0.0487. The van der Waals surface area contributed by atoms with E-state index in [1.165, 1.54) is 41.5 Å². The highest BCUT2D eigenvalue weighted by Crippen LogP contribution is 2.43. The molecule has 1 amide bonds. The number of hydrogen-bond acceptors (Lipinski definition) is 8. The molecule has 42 heavy (non-hydrogen) atoms. The second-order valence-electron chi connectivity index (χ2n) is 12.4. The van der Waals surface area contributed by atoms with Gasteiger partial charge in [0, 0.05) is 43.7 Å². The summed E-state index contributed by atoms with van der Waals surface area (Å²) in [6.45, 7) is 13.4. The van der Waals surface area contributed by atoms with Crippen molar-refractivity contribution in [2.24, 2.45) is 5.41 Å². The SMILES string of the molecule is CC(C)N(C(=O)c1cc(F)ccc1Oc1cncnc1N1CCC2(CCN(Cc3ccc4c(c3)NCN4)C2)C1)C(C)C. The van der Waals surface area contributed by atoms with Crippen molar-refractivity contribution in [3.05, 3.63) is 65.9 Å². The topological polar surface area (TPSA) is 85.9 Å². The van der Waals surface area contributed by atoms with E-state index in [1.54, 1.807) is 11.1 Å². The van der Waals surface area contributed by atoms with E-state index in [0.29, 0.717) is 17.3 Å². The lowest BCUT2D eigenvalue weighted by Gasteiger charge is -2.31. The molecule has 3 aliphatic rings. The van der Waals surface area contributed by atoms with E-state index >= 15 is 0 Å². The van der Waals surface area contributed by atoms with E-state index in [2.05, 4.69) is 48.6 Å². The Morgan fingerprint density at radius 1 is 1.02 bits per heavy atom. The van der Waals surface area contributed by atoms with E-state index < -0.39 is 5.82 Å². The third kappa shape index (κ3) is 5.60. The van der Waals surface area contributed by atoms with Crippen molar-refractivity contribution in [2.45, 2.75) is 59.2 Å². The van der Waals surface area contributed by atoms with Crippen molar-refractivity contribution in [1.29, 1.82) is 0 Å². The van der Waals surface area contributed by atoms with Gasteiger partial charge in [-0.3, -0.25) is 9.69 Å². The van der Waals surface area contributed by atoms with Crippen LogP contribution in [0.4, 0.5) is 21.6 Å². The summed E-state index contributed by atoms with van der Waals surface area (Å²) in [7, 11) is 0. The molecule has 3 aliphatic heterocycles. The van der Waals surface area contributed by atoms with Crippen LogP contribution in [0.2, 0.25) is 0 Å². The first-order valence-corrected chi connectivity index (χ1v) is 14.9. The highest BCUT2D eigenvalue weighted by molar-refractivity contribution is 5.97. The number of nitrogens with zero attached hydrogens (tertiary/aromatic N) is 5. The number of hydrogen-bond donors (Lipinski definition) is 2. The van der Waals surface area contributed by atoms with E-state index in [0.717, 1.165) is 52.2 Å². The lowest BCUT2D eigenvalue weighted by molar-refractivity contribution is 0.0640. The van der Waals surface area contributed by atoms with Crippen molar-refractivity contribution in [3.63, 3.8) is 0 Å². The molecule has 1 aromatic heterocycles. The van der Waals surface area contributed by atoms with Gasteiger partial charge in [-0.25, -0.2) is 14.4 Å². The average Bonchev–Trinajstić information content (AvgIpc) is 3.70. The van der Waals surface area contributed by atoms with Gasteiger partial charge in [-0.1, -0.05) is 6.07 Å². The molecule has 10 heteroatoms. The Kier molecular flexibility index (Phi) is 7.66. The minimum atomic E-state index is -0.484. The third-order valence-electron chi connectivity index (χ3n) is 8.70. The van der Waals surface area contributed by atoms with Crippen molar-refractivity contribution >= 4 is 23.1 Å². The van der Waals surface area contributed by atoms with E-state index in [1.807, 2.05) is 27.7 Å². The molecule has 0 aliphatic carbocycles. The Morgan fingerprint density at radius 2 is 1.81 bits per heavy atom. The van der Waals surface area contributed by atoms with Gasteiger partial charge < -0.3 is 25.2 Å². The highest BCUT2D eigenvalue weighted by Gasteiger charge is 2.44. The lowest BCUT2D eigenvalue weighted by Crippen LogP contribution is -2.42. The summed E-state index contributed by atoms with van der Waals surface area (Å²) in [5.74, 6) is 0.704. The summed E-state index contributed by atoms with van der Waals surface area (Å²) >= 11 is 0. The predicted molar refractivity (Wildman–Crippen MR) is 163 cm³/mol. The van der Waals surface area contributed by atoms with Gasteiger partial charge in [-0.05, 0) is 83.0 Å². The van der Waals surface area contributed by atoms with Gasteiger partial charge in [0.25, 0.3) is 5.91 Å². The number of nitrogens with one attached hydrogen (secondary N) is 2. The van der Waals surface area contributed by atoms with Crippen LogP contribution in [0, 0.1) is 11.2 Å². The molecule has 0 saturated carbocycles. The van der Waals surface area contributed by atoms with E-state index in [4.69, 9.17) is 4.74 Å². The van der Waals surface area contributed by atoms with E-state index in [-0.39, 0.29) is 29.0 Å². The maximum Gasteiger partial charge on any atom is 0.258 e. The zero-order valence-electron chi connectivity index (χ0n) is 24.9. The number of halogens is 1. The van der Waals surface area contributed by atoms with Gasteiger partial charge in [0.15, 0.2) is 11.6 Å². The van der Waals surface area contributed by atoms with Gasteiger partial charge in [0.1, 0.15) is 17.9 Å². The molecule has 1 atom stereocenters. The Labute approximate surface area is 247 Å². The third-order valence-corrected chi connectivity index (χ3v) is 8.70. The molecule has 1 spiro atoms. The summed E-state index contributed by atoms with van der Waals surface area (Å²) in [6.07, 6.45) is 5.36. The molecule has 0 bridgehead atoms. The zero-order chi connectivity index (χ0) is 29.4. The van der Waals surface area contributed by atoms with Crippen molar-refractivity contribution in [2.75, 3.05) is 48.4 Å². The number of likely N-dealkylation sites (tertiary alicyclic amines) is 1. The van der Waals surface area contributed by atoms with Gasteiger partial charge in [0.2, 0.25) is 0 Å². The van der Waals surface area contributed by atoms with Crippen LogP contribution in [-0.4, -0.2) is 70.6 Å². The number of aromatic nitrogens is 2. The standard InChI is InChI=1S/C32H40FN7O2/c1-21(2)40(22(3)4)31(41)25-14-24(33)6-8-28(25)42-29-15-34-19-37-30(29)39-12-10-32(18-39)9-11-38(17-32)16-23-5-7-26-27(13-23)36-20-35-26/h5-8,13-15,19,21-22,35-36H,9-12,16-18,20H2,1-4H3. The van der Waals surface area contributed by atoms with E-state index in [9.17, 15) is 9.18 Å². The fourth-order valence-electron chi connectivity index (χ4n) is 6.80. The molecule has 2 fully saturated rings. The predicted octanol–water partition coefficient (Wildman–Crippen LogP) is 5.56. The van der Waals surface area contributed by atoms with Crippen LogP contribution in [-0.2, 0) is 6.54 Å². The lowest BCUT2D eigenvalue weighted by atomic mass is 9.86. The Morgan fingerprint density at radius 3 is 2.62 bits per heavy atom. The highest BCUT2D eigenvalue weighted by atomic mass is 19.1. The molecule has 2 N–H and O–H groups in total. The fraction of sp³-hybridized carbons (Fsp3) is 0.469. The number of benzene rings is 2. The van der Waals surface area contributed by atoms with Gasteiger partial charge in [-0.2, -0.15) is 0 Å². The molecule has 9 nitrogen and oxygen atoms in total. The maximum absolute atomic E-state index is 14.4. The van der Waals surface area contributed by atoms with Crippen LogP contribution in [0.1, 0.15) is 56.5 Å². The zero-order valence-corrected chi connectivity index (χ0v) is 24.9. The Bertz CT molecular complexity index is 1460. The first kappa shape index (κ1) is 28.2. The number of rotatable bonds is 8.